The normalized spacial score (nSPS) is 11.9. The third-order valence-corrected chi connectivity index (χ3v) is 4.12. The lowest BCUT2D eigenvalue weighted by atomic mass is 10.2. The smallest absolute Gasteiger partial charge is 0.248 e. The Morgan fingerprint density at radius 2 is 2.04 bits per heavy atom. The van der Waals surface area contributed by atoms with Gasteiger partial charge in [0.25, 0.3) is 0 Å². The standard InChI is InChI=1S/C18H14ClN5O3/c19-12-4-5-13-16(27-9-26-13)15(12)23-14-6-7-21-18(24-14)22-11-3-1-2-10(8-11)17(20)25/h1-8H,9H2,(H2,20,25)(H2,21,22,23,24). The summed E-state index contributed by atoms with van der Waals surface area (Å²) in [5, 5.41) is 6.63. The highest BCUT2D eigenvalue weighted by molar-refractivity contribution is 6.33. The van der Waals surface area contributed by atoms with E-state index in [-0.39, 0.29) is 6.79 Å². The number of fused-ring (bicyclic) bond motifs is 1. The molecule has 1 aromatic heterocycles. The third kappa shape index (κ3) is 3.56. The molecule has 0 unspecified atom stereocenters. The lowest BCUT2D eigenvalue weighted by Gasteiger charge is -2.12. The van der Waals surface area contributed by atoms with Crippen molar-refractivity contribution >= 4 is 40.6 Å². The second-order valence-electron chi connectivity index (χ2n) is 5.62. The summed E-state index contributed by atoms with van der Waals surface area (Å²) in [7, 11) is 0. The van der Waals surface area contributed by atoms with Crippen LogP contribution in [0.3, 0.4) is 0 Å². The summed E-state index contributed by atoms with van der Waals surface area (Å²) in [5.74, 6) is 1.47. The molecule has 1 amide bonds. The van der Waals surface area contributed by atoms with Gasteiger partial charge in [-0.25, -0.2) is 4.98 Å². The number of primary amides is 1. The van der Waals surface area contributed by atoms with Crippen LogP contribution in [-0.2, 0) is 0 Å². The van der Waals surface area contributed by atoms with E-state index in [9.17, 15) is 4.79 Å². The number of nitrogens with zero attached hydrogens (tertiary/aromatic N) is 2. The minimum absolute atomic E-state index is 0.136. The number of carbonyl (C=O) groups is 1. The van der Waals surface area contributed by atoms with Crippen LogP contribution in [0.15, 0.2) is 48.7 Å². The molecule has 0 radical (unpaired) electrons. The Kier molecular flexibility index (Phi) is 4.39. The van der Waals surface area contributed by atoms with E-state index in [0.717, 1.165) is 0 Å². The van der Waals surface area contributed by atoms with E-state index in [1.165, 1.54) is 0 Å². The third-order valence-electron chi connectivity index (χ3n) is 3.80. The molecule has 9 heteroatoms. The molecule has 4 N–H and O–H groups in total. The average molecular weight is 384 g/mol. The molecule has 136 valence electrons. The minimum Gasteiger partial charge on any atom is -0.454 e. The van der Waals surface area contributed by atoms with Crippen LogP contribution in [-0.4, -0.2) is 22.7 Å². The summed E-state index contributed by atoms with van der Waals surface area (Å²) in [4.78, 5) is 19.9. The molecular weight excluding hydrogens is 370 g/mol. The first kappa shape index (κ1) is 16.9. The van der Waals surface area contributed by atoms with Gasteiger partial charge in [-0.05, 0) is 36.4 Å². The van der Waals surface area contributed by atoms with Crippen molar-refractivity contribution < 1.29 is 14.3 Å². The number of rotatable bonds is 5. The second-order valence-corrected chi connectivity index (χ2v) is 6.02. The van der Waals surface area contributed by atoms with E-state index in [1.54, 1.807) is 48.7 Å². The van der Waals surface area contributed by atoms with Crippen molar-refractivity contribution in [3.8, 4) is 11.5 Å². The summed E-state index contributed by atoms with van der Waals surface area (Å²) in [6.07, 6.45) is 1.59. The first-order chi connectivity index (χ1) is 13.1. The van der Waals surface area contributed by atoms with Crippen LogP contribution in [0.5, 0.6) is 11.5 Å². The van der Waals surface area contributed by atoms with E-state index < -0.39 is 5.91 Å². The van der Waals surface area contributed by atoms with Crippen molar-refractivity contribution in [3.05, 3.63) is 59.2 Å². The fourth-order valence-electron chi connectivity index (χ4n) is 2.56. The van der Waals surface area contributed by atoms with Gasteiger partial charge < -0.3 is 25.8 Å². The van der Waals surface area contributed by atoms with Gasteiger partial charge in [0.15, 0.2) is 11.5 Å². The fourth-order valence-corrected chi connectivity index (χ4v) is 2.76. The molecule has 0 spiro atoms. The Bertz CT molecular complexity index is 1030. The van der Waals surface area contributed by atoms with Crippen LogP contribution in [0.25, 0.3) is 0 Å². The molecule has 4 rings (SSSR count). The quantitative estimate of drug-likeness (QED) is 0.618. The molecule has 1 aliphatic heterocycles. The van der Waals surface area contributed by atoms with Gasteiger partial charge in [0.2, 0.25) is 18.6 Å². The van der Waals surface area contributed by atoms with Crippen LogP contribution in [0, 0.1) is 0 Å². The number of hydrogen-bond donors (Lipinski definition) is 3. The van der Waals surface area contributed by atoms with Gasteiger partial charge in [0, 0.05) is 17.4 Å². The lowest BCUT2D eigenvalue weighted by molar-refractivity contribution is 0.100. The topological polar surface area (TPSA) is 111 Å². The van der Waals surface area contributed by atoms with Gasteiger partial charge in [0.1, 0.15) is 11.5 Å². The van der Waals surface area contributed by atoms with Crippen molar-refractivity contribution in [2.45, 2.75) is 0 Å². The van der Waals surface area contributed by atoms with E-state index in [2.05, 4.69) is 20.6 Å². The number of hydrogen-bond acceptors (Lipinski definition) is 7. The number of benzene rings is 2. The molecular formula is C18H14ClN5O3. The average Bonchev–Trinajstić information content (AvgIpc) is 3.14. The summed E-state index contributed by atoms with van der Waals surface area (Å²) in [6.45, 7) is 0.136. The number of halogens is 1. The molecule has 0 aliphatic carbocycles. The highest BCUT2D eigenvalue weighted by atomic mass is 35.5. The van der Waals surface area contributed by atoms with Gasteiger partial charge in [-0.1, -0.05) is 17.7 Å². The maximum absolute atomic E-state index is 11.3. The van der Waals surface area contributed by atoms with Crippen LogP contribution in [0.1, 0.15) is 10.4 Å². The van der Waals surface area contributed by atoms with Crippen molar-refractivity contribution in [1.29, 1.82) is 0 Å². The van der Waals surface area contributed by atoms with Crippen molar-refractivity contribution in [3.63, 3.8) is 0 Å². The number of anilines is 4. The van der Waals surface area contributed by atoms with E-state index >= 15 is 0 Å². The Morgan fingerprint density at radius 3 is 2.89 bits per heavy atom. The van der Waals surface area contributed by atoms with Gasteiger partial charge in [-0.15, -0.1) is 0 Å². The molecule has 0 bridgehead atoms. The predicted molar refractivity (Wildman–Crippen MR) is 101 cm³/mol. The molecule has 0 saturated heterocycles. The zero-order chi connectivity index (χ0) is 18.8. The van der Waals surface area contributed by atoms with Gasteiger partial charge in [0.05, 0.1) is 5.02 Å². The fraction of sp³-hybridized carbons (Fsp3) is 0.0556. The van der Waals surface area contributed by atoms with Crippen molar-refractivity contribution in [1.82, 2.24) is 9.97 Å². The number of nitrogens with two attached hydrogens (primary N) is 1. The Morgan fingerprint density at radius 1 is 1.15 bits per heavy atom. The molecule has 1 aliphatic rings. The minimum atomic E-state index is -0.509. The van der Waals surface area contributed by atoms with Crippen LogP contribution in [0.4, 0.5) is 23.1 Å². The Labute approximate surface area is 159 Å². The van der Waals surface area contributed by atoms with Crippen LogP contribution < -0.4 is 25.8 Å². The molecule has 0 saturated carbocycles. The highest BCUT2D eigenvalue weighted by Crippen LogP contribution is 2.44. The van der Waals surface area contributed by atoms with Gasteiger partial charge >= 0.3 is 0 Å². The zero-order valence-corrected chi connectivity index (χ0v) is 14.7. The van der Waals surface area contributed by atoms with Gasteiger partial charge in [-0.2, -0.15) is 4.98 Å². The van der Waals surface area contributed by atoms with Crippen LogP contribution >= 0.6 is 11.6 Å². The monoisotopic (exact) mass is 383 g/mol. The maximum Gasteiger partial charge on any atom is 0.248 e. The molecule has 8 nitrogen and oxygen atoms in total. The summed E-state index contributed by atoms with van der Waals surface area (Å²) < 4.78 is 10.8. The van der Waals surface area contributed by atoms with Gasteiger partial charge in [-0.3, -0.25) is 4.79 Å². The number of carbonyl (C=O) groups excluding carboxylic acids is 1. The number of amides is 1. The number of ether oxygens (including phenoxy) is 2. The SMILES string of the molecule is NC(=O)c1cccc(Nc2nccc(Nc3c(Cl)ccc4c3OCO4)n2)c1. The molecule has 2 aromatic carbocycles. The first-order valence-corrected chi connectivity index (χ1v) is 8.33. The molecule has 2 heterocycles. The first-order valence-electron chi connectivity index (χ1n) is 7.95. The van der Waals surface area contributed by atoms with E-state index in [1.807, 2.05) is 0 Å². The Balaban J connectivity index is 1.58. The number of nitrogens with one attached hydrogen (secondary N) is 2. The number of aromatic nitrogens is 2. The predicted octanol–water partition coefficient (Wildman–Crippen LogP) is 3.44. The Hall–Kier alpha value is -3.52. The van der Waals surface area contributed by atoms with Crippen LogP contribution in [0.2, 0.25) is 5.02 Å². The van der Waals surface area contributed by atoms with Crippen molar-refractivity contribution in [2.75, 3.05) is 17.4 Å². The molecule has 0 fully saturated rings. The zero-order valence-electron chi connectivity index (χ0n) is 13.9. The summed E-state index contributed by atoms with van der Waals surface area (Å²) in [5.41, 5.74) is 6.89. The molecule has 3 aromatic rings. The largest absolute Gasteiger partial charge is 0.454 e. The summed E-state index contributed by atoms with van der Waals surface area (Å²) in [6, 6.07) is 11.9. The highest BCUT2D eigenvalue weighted by Gasteiger charge is 2.21. The van der Waals surface area contributed by atoms with Crippen molar-refractivity contribution in [2.24, 2.45) is 5.73 Å². The van der Waals surface area contributed by atoms with E-state index in [4.69, 9.17) is 26.8 Å². The molecule has 27 heavy (non-hydrogen) atoms. The second kappa shape index (κ2) is 7.00. The summed E-state index contributed by atoms with van der Waals surface area (Å²) >= 11 is 6.27. The lowest BCUT2D eigenvalue weighted by Crippen LogP contribution is -2.11. The maximum atomic E-state index is 11.3. The molecule has 0 atom stereocenters. The van der Waals surface area contributed by atoms with E-state index in [0.29, 0.717) is 45.2 Å².